The van der Waals surface area contributed by atoms with Crippen LogP contribution in [0.3, 0.4) is 0 Å². The second kappa shape index (κ2) is 10.5. The minimum Gasteiger partial charge on any atom is -0.491 e. The Morgan fingerprint density at radius 2 is 1.76 bits per heavy atom. The van der Waals surface area contributed by atoms with Crippen LogP contribution in [-0.4, -0.2) is 66.4 Å². The Morgan fingerprint density at radius 3 is 2.35 bits per heavy atom. The maximum absolute atomic E-state index is 13.4. The molecule has 3 aromatic rings. The molecule has 2 aromatic carbocycles. The summed E-state index contributed by atoms with van der Waals surface area (Å²) in [6, 6.07) is 16.9. The van der Waals surface area contributed by atoms with E-state index in [0.717, 1.165) is 31.5 Å². The molecule has 4 rings (SSSR count). The van der Waals surface area contributed by atoms with Gasteiger partial charge in [0, 0.05) is 24.7 Å². The Balaban J connectivity index is 1.75. The van der Waals surface area contributed by atoms with Crippen molar-refractivity contribution < 1.29 is 9.84 Å². The van der Waals surface area contributed by atoms with E-state index in [1.807, 2.05) is 24.3 Å². The Labute approximate surface area is 199 Å². The Bertz CT molecular complexity index is 1210. The van der Waals surface area contributed by atoms with Gasteiger partial charge < -0.3 is 19.6 Å². The van der Waals surface area contributed by atoms with Crippen LogP contribution in [0.1, 0.15) is 18.4 Å². The molecule has 0 radical (unpaired) electrons. The van der Waals surface area contributed by atoms with E-state index in [0.29, 0.717) is 40.1 Å². The molecule has 0 aliphatic carbocycles. The van der Waals surface area contributed by atoms with Crippen LogP contribution in [0.15, 0.2) is 53.3 Å². The third-order valence-corrected chi connectivity index (χ3v) is 6.19. The first-order valence-corrected chi connectivity index (χ1v) is 11.4. The van der Waals surface area contributed by atoms with Gasteiger partial charge in [-0.25, -0.2) is 4.98 Å². The van der Waals surface area contributed by atoms with Gasteiger partial charge in [-0.05, 0) is 56.8 Å². The van der Waals surface area contributed by atoms with Gasteiger partial charge >= 0.3 is 0 Å². The summed E-state index contributed by atoms with van der Waals surface area (Å²) < 4.78 is 5.45. The number of H-pyrrole nitrogens is 1. The van der Waals surface area contributed by atoms with E-state index in [2.05, 4.69) is 34.9 Å². The molecule has 1 aliphatic rings. The van der Waals surface area contributed by atoms with Gasteiger partial charge in [0.05, 0.1) is 29.5 Å². The SMILES string of the molecule is CN(C)C1CCN(c2nc(-c3ccc(C#N)cc3)c(-c3ccc(OCCO)cc3)c(=O)[nH]2)CC1. The number of rotatable bonds is 7. The van der Waals surface area contributed by atoms with Gasteiger partial charge in [-0.3, -0.25) is 9.78 Å². The predicted molar refractivity (Wildman–Crippen MR) is 132 cm³/mol. The van der Waals surface area contributed by atoms with E-state index in [9.17, 15) is 10.1 Å². The van der Waals surface area contributed by atoms with Crippen molar-refractivity contribution in [3.8, 4) is 34.2 Å². The fourth-order valence-electron chi connectivity index (χ4n) is 4.27. The lowest BCUT2D eigenvalue weighted by Gasteiger charge is -2.35. The third kappa shape index (κ3) is 5.11. The van der Waals surface area contributed by atoms with E-state index in [1.54, 1.807) is 24.3 Å². The lowest BCUT2D eigenvalue weighted by molar-refractivity contribution is 0.201. The van der Waals surface area contributed by atoms with Crippen molar-refractivity contribution in [3.63, 3.8) is 0 Å². The molecule has 1 fully saturated rings. The number of aliphatic hydroxyl groups excluding tert-OH is 1. The Kier molecular flexibility index (Phi) is 7.26. The topological polar surface area (TPSA) is 105 Å². The summed E-state index contributed by atoms with van der Waals surface area (Å²) >= 11 is 0. The molecule has 0 saturated carbocycles. The minimum atomic E-state index is -0.219. The lowest BCUT2D eigenvalue weighted by Crippen LogP contribution is -2.43. The lowest BCUT2D eigenvalue weighted by atomic mass is 9.99. The summed E-state index contributed by atoms with van der Waals surface area (Å²) in [5, 5.41) is 18.1. The number of aromatic amines is 1. The summed E-state index contributed by atoms with van der Waals surface area (Å²) in [5.74, 6) is 1.18. The van der Waals surface area contributed by atoms with Gasteiger partial charge in [-0.1, -0.05) is 24.3 Å². The van der Waals surface area contributed by atoms with Crippen molar-refractivity contribution >= 4 is 5.95 Å². The molecule has 0 spiro atoms. The van der Waals surface area contributed by atoms with Crippen LogP contribution in [-0.2, 0) is 0 Å². The fraction of sp³-hybridized carbons (Fsp3) is 0.346. The van der Waals surface area contributed by atoms with Crippen molar-refractivity contribution in [2.24, 2.45) is 0 Å². The Morgan fingerprint density at radius 1 is 1.12 bits per heavy atom. The number of nitrogens with zero attached hydrogens (tertiary/aromatic N) is 4. The monoisotopic (exact) mass is 459 g/mol. The van der Waals surface area contributed by atoms with Crippen LogP contribution >= 0.6 is 0 Å². The van der Waals surface area contributed by atoms with Crippen LogP contribution in [0, 0.1) is 11.3 Å². The van der Waals surface area contributed by atoms with Crippen molar-refractivity contribution in [3.05, 3.63) is 64.4 Å². The largest absolute Gasteiger partial charge is 0.491 e. The maximum atomic E-state index is 13.4. The van der Waals surface area contributed by atoms with Crippen molar-refractivity contribution in [2.75, 3.05) is 45.3 Å². The molecule has 8 heteroatoms. The van der Waals surface area contributed by atoms with Crippen LogP contribution in [0.2, 0.25) is 0 Å². The molecule has 0 amide bonds. The molecular formula is C26H29N5O3. The molecule has 0 unspecified atom stereocenters. The first-order valence-electron chi connectivity index (χ1n) is 11.4. The summed E-state index contributed by atoms with van der Waals surface area (Å²) in [4.78, 5) is 25.7. The molecule has 176 valence electrons. The minimum absolute atomic E-state index is 0.0680. The number of benzene rings is 2. The molecule has 1 aromatic heterocycles. The first kappa shape index (κ1) is 23.5. The number of nitrogens with one attached hydrogen (secondary N) is 1. The average Bonchev–Trinajstić information content (AvgIpc) is 2.87. The molecule has 2 N–H and O–H groups in total. The summed E-state index contributed by atoms with van der Waals surface area (Å²) in [6.07, 6.45) is 2.00. The van der Waals surface area contributed by atoms with E-state index in [1.165, 1.54) is 0 Å². The zero-order chi connectivity index (χ0) is 24.1. The number of nitriles is 1. The van der Waals surface area contributed by atoms with Gasteiger partial charge in [-0.15, -0.1) is 0 Å². The van der Waals surface area contributed by atoms with E-state index < -0.39 is 0 Å². The normalized spacial score (nSPS) is 14.3. The molecule has 1 aliphatic heterocycles. The Hall–Kier alpha value is -3.67. The summed E-state index contributed by atoms with van der Waals surface area (Å²) in [5.41, 5.74) is 2.84. The highest BCUT2D eigenvalue weighted by Gasteiger charge is 2.24. The quantitative estimate of drug-likeness (QED) is 0.560. The third-order valence-electron chi connectivity index (χ3n) is 6.19. The first-order chi connectivity index (χ1) is 16.5. The average molecular weight is 460 g/mol. The van der Waals surface area contributed by atoms with Crippen LogP contribution in [0.25, 0.3) is 22.4 Å². The molecule has 1 saturated heterocycles. The highest BCUT2D eigenvalue weighted by molar-refractivity contribution is 5.81. The van der Waals surface area contributed by atoms with Crippen LogP contribution in [0.5, 0.6) is 5.75 Å². The predicted octanol–water partition coefficient (Wildman–Crippen LogP) is 2.88. The van der Waals surface area contributed by atoms with Gasteiger partial charge in [0.2, 0.25) is 5.95 Å². The summed E-state index contributed by atoms with van der Waals surface area (Å²) in [6.45, 7) is 1.77. The van der Waals surface area contributed by atoms with E-state index in [4.69, 9.17) is 14.8 Å². The fourth-order valence-corrected chi connectivity index (χ4v) is 4.27. The second-order valence-corrected chi connectivity index (χ2v) is 8.58. The number of ether oxygens (including phenoxy) is 1. The number of hydrogen-bond donors (Lipinski definition) is 2. The van der Waals surface area contributed by atoms with Crippen LogP contribution in [0.4, 0.5) is 5.95 Å². The van der Waals surface area contributed by atoms with Gasteiger partial charge in [0.25, 0.3) is 5.56 Å². The highest BCUT2D eigenvalue weighted by atomic mass is 16.5. The van der Waals surface area contributed by atoms with Crippen molar-refractivity contribution in [2.45, 2.75) is 18.9 Å². The maximum Gasteiger partial charge on any atom is 0.260 e. The molecular weight excluding hydrogens is 430 g/mol. The molecule has 2 heterocycles. The van der Waals surface area contributed by atoms with Crippen LogP contribution < -0.4 is 15.2 Å². The molecule has 34 heavy (non-hydrogen) atoms. The van der Waals surface area contributed by atoms with Gasteiger partial charge in [0.15, 0.2) is 0 Å². The second-order valence-electron chi connectivity index (χ2n) is 8.58. The standard InChI is InChI=1S/C26H29N5O3/c1-30(2)21-11-13-31(14-12-21)26-28-24(20-5-3-18(17-27)4-6-20)23(25(33)29-26)19-7-9-22(10-8-19)34-16-15-32/h3-10,21,32H,11-16H2,1-2H3,(H,28,29,33). The van der Waals surface area contributed by atoms with Crippen molar-refractivity contribution in [1.82, 2.24) is 14.9 Å². The van der Waals surface area contributed by atoms with Gasteiger partial charge in [-0.2, -0.15) is 5.26 Å². The van der Waals surface area contributed by atoms with Gasteiger partial charge in [0.1, 0.15) is 12.4 Å². The number of hydrogen-bond acceptors (Lipinski definition) is 7. The number of anilines is 1. The van der Waals surface area contributed by atoms with E-state index >= 15 is 0 Å². The van der Waals surface area contributed by atoms with Crippen molar-refractivity contribution in [1.29, 1.82) is 5.26 Å². The zero-order valence-electron chi connectivity index (χ0n) is 19.5. The highest BCUT2D eigenvalue weighted by Crippen LogP contribution is 2.31. The number of piperidine rings is 1. The number of aliphatic hydroxyl groups is 1. The zero-order valence-corrected chi connectivity index (χ0v) is 19.5. The smallest absolute Gasteiger partial charge is 0.260 e. The molecule has 0 atom stereocenters. The molecule has 8 nitrogen and oxygen atoms in total. The number of aromatic nitrogens is 2. The summed E-state index contributed by atoms with van der Waals surface area (Å²) in [7, 11) is 4.19. The van der Waals surface area contributed by atoms with E-state index in [-0.39, 0.29) is 18.8 Å². The molecule has 0 bridgehead atoms.